The highest BCUT2D eigenvalue weighted by Gasteiger charge is 2.05. The number of amidine groups is 1. The molecule has 0 spiro atoms. The SMILES string of the molecule is O=[N+]([O-])C(Br)=NNc1ccc(Br)cc1. The zero-order valence-corrected chi connectivity index (χ0v) is 9.95. The van der Waals surface area contributed by atoms with E-state index in [0.717, 1.165) is 4.47 Å². The summed E-state index contributed by atoms with van der Waals surface area (Å²) in [5, 5.41) is 13.6. The van der Waals surface area contributed by atoms with Crippen molar-refractivity contribution < 1.29 is 4.92 Å². The quantitative estimate of drug-likeness (QED) is 0.299. The molecule has 5 nitrogen and oxygen atoms in total. The van der Waals surface area contributed by atoms with E-state index in [9.17, 15) is 10.1 Å². The Morgan fingerprint density at radius 2 is 2.00 bits per heavy atom. The number of hydrogen-bond donors (Lipinski definition) is 1. The summed E-state index contributed by atoms with van der Waals surface area (Å²) in [5.41, 5.74) is 3.20. The highest BCUT2D eigenvalue weighted by atomic mass is 79.9. The van der Waals surface area contributed by atoms with Crippen molar-refractivity contribution in [1.29, 1.82) is 0 Å². The third-order valence-corrected chi connectivity index (χ3v) is 2.27. The Morgan fingerprint density at radius 3 is 2.50 bits per heavy atom. The molecule has 0 aromatic heterocycles. The van der Waals surface area contributed by atoms with Gasteiger partial charge >= 0.3 is 4.74 Å². The smallest absolute Gasteiger partial charge is 0.357 e. The van der Waals surface area contributed by atoms with Gasteiger partial charge < -0.3 is 10.1 Å². The van der Waals surface area contributed by atoms with Crippen molar-refractivity contribution in [3.05, 3.63) is 38.9 Å². The second kappa shape index (κ2) is 5.06. The van der Waals surface area contributed by atoms with E-state index in [0.29, 0.717) is 5.69 Å². The summed E-state index contributed by atoms with van der Waals surface area (Å²) in [4.78, 5) is 9.52. The number of nitrogens with one attached hydrogen (secondary N) is 1. The molecule has 1 aromatic rings. The number of anilines is 1. The fourth-order valence-electron chi connectivity index (χ4n) is 0.676. The Balaban J connectivity index is 2.66. The van der Waals surface area contributed by atoms with E-state index in [-0.39, 0.29) is 4.74 Å². The van der Waals surface area contributed by atoms with E-state index < -0.39 is 4.92 Å². The van der Waals surface area contributed by atoms with Crippen LogP contribution in [0, 0.1) is 10.1 Å². The fraction of sp³-hybridized carbons (Fsp3) is 0. The molecule has 0 aliphatic rings. The van der Waals surface area contributed by atoms with Crippen molar-refractivity contribution in [3.8, 4) is 0 Å². The Morgan fingerprint density at radius 1 is 1.43 bits per heavy atom. The number of hydrazone groups is 1. The van der Waals surface area contributed by atoms with Crippen LogP contribution < -0.4 is 5.43 Å². The molecule has 0 radical (unpaired) electrons. The minimum absolute atomic E-state index is 0.361. The summed E-state index contributed by atoms with van der Waals surface area (Å²) in [6, 6.07) is 7.09. The first kappa shape index (κ1) is 11.1. The number of nitro groups is 1. The van der Waals surface area contributed by atoms with Crippen molar-refractivity contribution in [1.82, 2.24) is 0 Å². The van der Waals surface area contributed by atoms with E-state index in [1.165, 1.54) is 0 Å². The maximum atomic E-state index is 10.2. The molecule has 0 aliphatic carbocycles. The van der Waals surface area contributed by atoms with Gasteiger partial charge in [0.25, 0.3) is 0 Å². The molecule has 0 atom stereocenters. The van der Waals surface area contributed by atoms with E-state index in [1.54, 1.807) is 24.3 Å². The van der Waals surface area contributed by atoms with Gasteiger partial charge in [-0.15, -0.1) is 0 Å². The normalized spacial score (nSPS) is 11.1. The van der Waals surface area contributed by atoms with Gasteiger partial charge in [0.2, 0.25) is 0 Å². The van der Waals surface area contributed by atoms with Crippen LogP contribution in [0.25, 0.3) is 0 Å². The maximum Gasteiger partial charge on any atom is 0.430 e. The van der Waals surface area contributed by atoms with Gasteiger partial charge in [0.15, 0.2) is 0 Å². The molecule has 7 heteroatoms. The lowest BCUT2D eigenvalue weighted by atomic mass is 10.3. The standard InChI is InChI=1S/C7H5Br2N3O2/c8-5-1-3-6(4-2-5)10-11-7(9)12(13)14/h1-4,10H. The number of halogens is 2. The predicted octanol–water partition coefficient (Wildman–Crippen LogP) is 2.80. The van der Waals surface area contributed by atoms with Crippen LogP contribution in [0.1, 0.15) is 0 Å². The summed E-state index contributed by atoms with van der Waals surface area (Å²) in [6.07, 6.45) is 0. The average Bonchev–Trinajstić information content (AvgIpc) is 2.16. The lowest BCUT2D eigenvalue weighted by molar-refractivity contribution is -0.342. The van der Waals surface area contributed by atoms with Crippen LogP contribution in [0.4, 0.5) is 5.69 Å². The first-order valence-corrected chi connectivity index (χ1v) is 5.07. The molecule has 0 fully saturated rings. The molecule has 0 saturated carbocycles. The molecule has 1 rings (SSSR count). The number of rotatable bonds is 2. The topological polar surface area (TPSA) is 67.5 Å². The van der Waals surface area contributed by atoms with Gasteiger partial charge in [-0.25, -0.2) is 0 Å². The Hall–Kier alpha value is -0.950. The van der Waals surface area contributed by atoms with Crippen molar-refractivity contribution >= 4 is 42.3 Å². The number of hydrogen-bond acceptors (Lipinski definition) is 4. The molecule has 0 saturated heterocycles. The molecule has 0 heterocycles. The van der Waals surface area contributed by atoms with Crippen molar-refractivity contribution in [2.45, 2.75) is 0 Å². The molecule has 0 bridgehead atoms. The Kier molecular flexibility index (Phi) is 4.02. The van der Waals surface area contributed by atoms with Crippen LogP contribution in [0.2, 0.25) is 0 Å². The summed E-state index contributed by atoms with van der Waals surface area (Å²) in [6.45, 7) is 0. The molecular weight excluding hydrogens is 318 g/mol. The molecule has 0 aliphatic heterocycles. The van der Waals surface area contributed by atoms with Crippen LogP contribution in [0.15, 0.2) is 33.8 Å². The van der Waals surface area contributed by atoms with Crippen LogP contribution in [0.5, 0.6) is 0 Å². The van der Waals surface area contributed by atoms with Crippen LogP contribution in [0.3, 0.4) is 0 Å². The zero-order valence-electron chi connectivity index (χ0n) is 6.78. The maximum absolute atomic E-state index is 10.2. The zero-order chi connectivity index (χ0) is 10.6. The number of nitrogens with zero attached hydrogens (tertiary/aromatic N) is 2. The largest absolute Gasteiger partial charge is 0.430 e. The van der Waals surface area contributed by atoms with Crippen molar-refractivity contribution in [3.63, 3.8) is 0 Å². The summed E-state index contributed by atoms with van der Waals surface area (Å²) < 4.78 is 0.570. The summed E-state index contributed by atoms with van der Waals surface area (Å²) >= 11 is 5.96. The van der Waals surface area contributed by atoms with Crippen LogP contribution in [-0.4, -0.2) is 9.67 Å². The van der Waals surface area contributed by atoms with Crippen LogP contribution in [-0.2, 0) is 0 Å². The Bertz CT molecular complexity index is 364. The van der Waals surface area contributed by atoms with Gasteiger partial charge in [-0.05, 0) is 29.2 Å². The van der Waals surface area contributed by atoms with Crippen molar-refractivity contribution in [2.24, 2.45) is 5.10 Å². The molecule has 0 unspecified atom stereocenters. The molecule has 0 amide bonds. The van der Waals surface area contributed by atoms with E-state index in [1.807, 2.05) is 0 Å². The Labute approximate surface area is 96.6 Å². The minimum Gasteiger partial charge on any atom is -0.357 e. The minimum atomic E-state index is -0.633. The third-order valence-electron chi connectivity index (χ3n) is 1.27. The highest BCUT2D eigenvalue weighted by Crippen LogP contribution is 2.14. The van der Waals surface area contributed by atoms with Crippen molar-refractivity contribution in [2.75, 3.05) is 5.43 Å². The van der Waals surface area contributed by atoms with Gasteiger partial charge in [-0.1, -0.05) is 15.9 Å². The summed E-state index contributed by atoms with van der Waals surface area (Å²) in [7, 11) is 0. The van der Waals surface area contributed by atoms with Gasteiger partial charge in [0.05, 0.1) is 26.7 Å². The average molecular weight is 323 g/mol. The second-order valence-electron chi connectivity index (χ2n) is 2.26. The molecule has 74 valence electrons. The third kappa shape index (κ3) is 3.43. The first-order chi connectivity index (χ1) is 6.59. The fourth-order valence-corrected chi connectivity index (χ4v) is 1.03. The first-order valence-electron chi connectivity index (χ1n) is 3.49. The molecule has 1 aromatic carbocycles. The lowest BCUT2D eigenvalue weighted by Gasteiger charge is -1.95. The van der Waals surface area contributed by atoms with E-state index in [4.69, 9.17) is 0 Å². The van der Waals surface area contributed by atoms with Gasteiger partial charge in [-0.3, -0.25) is 0 Å². The lowest BCUT2D eigenvalue weighted by Crippen LogP contribution is -2.05. The monoisotopic (exact) mass is 321 g/mol. The molecular formula is C7H5Br2N3O2. The van der Waals surface area contributed by atoms with Gasteiger partial charge in [0.1, 0.15) is 0 Å². The van der Waals surface area contributed by atoms with E-state index in [2.05, 4.69) is 42.4 Å². The van der Waals surface area contributed by atoms with Crippen LogP contribution >= 0.6 is 31.9 Å². The van der Waals surface area contributed by atoms with Gasteiger partial charge in [-0.2, -0.15) is 5.43 Å². The van der Waals surface area contributed by atoms with Gasteiger partial charge in [0, 0.05) is 4.47 Å². The number of benzene rings is 1. The van der Waals surface area contributed by atoms with E-state index >= 15 is 0 Å². The second-order valence-corrected chi connectivity index (χ2v) is 3.88. The molecule has 14 heavy (non-hydrogen) atoms. The summed E-state index contributed by atoms with van der Waals surface area (Å²) in [5.74, 6) is 0. The molecule has 1 N–H and O–H groups in total. The highest BCUT2D eigenvalue weighted by molar-refractivity contribution is 9.18. The predicted molar refractivity (Wildman–Crippen MR) is 61.1 cm³/mol.